The van der Waals surface area contributed by atoms with E-state index in [0.717, 1.165) is 16.9 Å². The number of aryl methyl sites for hydroxylation is 1. The molecule has 7 N–H and O–H groups in total. The minimum absolute atomic E-state index is 0. The number of anilines is 2. The van der Waals surface area contributed by atoms with Gasteiger partial charge in [-0.05, 0) is 30.7 Å². The number of nitrogen functional groups attached to an aromatic ring is 2. The molecule has 0 amide bonds. The summed E-state index contributed by atoms with van der Waals surface area (Å²) >= 11 is 0. The largest absolute Gasteiger partial charge is 0.399 e. The van der Waals surface area contributed by atoms with Gasteiger partial charge in [-0.3, -0.25) is 0 Å². The average Bonchev–Trinajstić information content (AvgIpc) is 1.80. The summed E-state index contributed by atoms with van der Waals surface area (Å²) in [5.74, 6) is 0. The molecule has 0 saturated carbocycles. The first-order chi connectivity index (χ1) is 4.20. The second kappa shape index (κ2) is 3.08. The number of nitrogens with two attached hydrogens (primary N) is 2. The van der Waals surface area contributed by atoms with E-state index in [1.807, 2.05) is 19.1 Å². The summed E-state index contributed by atoms with van der Waals surface area (Å²) in [7, 11) is 0. The van der Waals surface area contributed by atoms with E-state index in [1.54, 1.807) is 6.07 Å². The summed E-state index contributed by atoms with van der Waals surface area (Å²) in [4.78, 5) is 0. The molecule has 0 fully saturated rings. The third kappa shape index (κ3) is 1.63. The molecule has 0 bridgehead atoms. The maximum atomic E-state index is 5.53. The van der Waals surface area contributed by atoms with Crippen molar-refractivity contribution >= 4 is 11.4 Å². The van der Waals surface area contributed by atoms with E-state index >= 15 is 0 Å². The van der Waals surface area contributed by atoms with Gasteiger partial charge in [-0.2, -0.15) is 0 Å². The van der Waals surface area contributed by atoms with Crippen molar-refractivity contribution in [2.75, 3.05) is 11.5 Å². The summed E-state index contributed by atoms with van der Waals surface area (Å²) in [5, 5.41) is 0. The number of hydrogen-bond acceptors (Lipinski definition) is 3. The van der Waals surface area contributed by atoms with Crippen molar-refractivity contribution in [3.8, 4) is 0 Å². The Labute approximate surface area is 60.6 Å². The highest BCUT2D eigenvalue weighted by atomic mass is 14.6. The third-order valence-electron chi connectivity index (χ3n) is 1.29. The van der Waals surface area contributed by atoms with Crippen molar-refractivity contribution in [1.82, 2.24) is 6.15 Å². The Balaban J connectivity index is 0.000000810. The molecule has 0 spiro atoms. The quantitative estimate of drug-likeness (QED) is 0.474. The zero-order chi connectivity index (χ0) is 6.85. The van der Waals surface area contributed by atoms with Crippen molar-refractivity contribution in [3.63, 3.8) is 0 Å². The maximum absolute atomic E-state index is 5.53. The molecular weight excluding hydrogens is 126 g/mol. The normalized spacial score (nSPS) is 8.50. The van der Waals surface area contributed by atoms with E-state index in [4.69, 9.17) is 11.5 Å². The molecule has 3 nitrogen and oxygen atoms in total. The van der Waals surface area contributed by atoms with Gasteiger partial charge in [0.2, 0.25) is 0 Å². The lowest BCUT2D eigenvalue weighted by atomic mass is 10.2. The molecule has 0 saturated heterocycles. The number of rotatable bonds is 0. The Kier molecular flexibility index (Phi) is 2.70. The fraction of sp³-hybridized carbons (Fsp3) is 0.143. The molecule has 0 radical (unpaired) electrons. The second-order valence-electron chi connectivity index (χ2n) is 2.12. The first-order valence-corrected chi connectivity index (χ1v) is 2.82. The molecule has 0 heterocycles. The standard InChI is InChI=1S/C7H10N2.H3N/c1-5-4-6(8)2-3-7(5)9;/h2-4H,8-9H2,1H3;1H3. The topological polar surface area (TPSA) is 87.0 Å². The Morgan fingerprint density at radius 2 is 1.80 bits per heavy atom. The van der Waals surface area contributed by atoms with Gasteiger partial charge in [-0.1, -0.05) is 0 Å². The van der Waals surface area contributed by atoms with Crippen LogP contribution in [0.5, 0.6) is 0 Å². The summed E-state index contributed by atoms with van der Waals surface area (Å²) in [6.07, 6.45) is 0. The molecular formula is C7H13N3. The molecule has 0 unspecified atom stereocenters. The van der Waals surface area contributed by atoms with Gasteiger partial charge in [0.25, 0.3) is 0 Å². The summed E-state index contributed by atoms with van der Waals surface area (Å²) in [6, 6.07) is 5.46. The number of hydrogen-bond donors (Lipinski definition) is 3. The Hall–Kier alpha value is -1.22. The fourth-order valence-corrected chi connectivity index (χ4v) is 0.699. The van der Waals surface area contributed by atoms with Crippen LogP contribution < -0.4 is 17.6 Å². The lowest BCUT2D eigenvalue weighted by Gasteiger charge is -1.98. The minimum atomic E-state index is 0. The maximum Gasteiger partial charge on any atom is 0.0345 e. The predicted molar refractivity (Wildman–Crippen MR) is 45.0 cm³/mol. The summed E-state index contributed by atoms with van der Waals surface area (Å²) < 4.78 is 0. The van der Waals surface area contributed by atoms with E-state index in [9.17, 15) is 0 Å². The molecule has 0 aliphatic rings. The molecule has 0 aliphatic carbocycles. The summed E-state index contributed by atoms with van der Waals surface area (Å²) in [6.45, 7) is 1.94. The van der Waals surface area contributed by atoms with Crippen LogP contribution in [0.1, 0.15) is 5.56 Å². The van der Waals surface area contributed by atoms with Crippen LogP contribution in [0.2, 0.25) is 0 Å². The lowest BCUT2D eigenvalue weighted by Crippen LogP contribution is -1.91. The van der Waals surface area contributed by atoms with Crippen molar-refractivity contribution in [2.45, 2.75) is 6.92 Å². The molecule has 56 valence electrons. The van der Waals surface area contributed by atoms with E-state index in [1.165, 1.54) is 0 Å². The molecule has 1 aromatic rings. The monoisotopic (exact) mass is 139 g/mol. The average molecular weight is 139 g/mol. The van der Waals surface area contributed by atoms with Crippen LogP contribution in [0, 0.1) is 6.92 Å². The van der Waals surface area contributed by atoms with Crippen LogP contribution in [-0.4, -0.2) is 0 Å². The molecule has 0 aromatic heterocycles. The van der Waals surface area contributed by atoms with Crippen LogP contribution >= 0.6 is 0 Å². The zero-order valence-corrected chi connectivity index (χ0v) is 6.09. The Morgan fingerprint density at radius 3 is 2.20 bits per heavy atom. The van der Waals surface area contributed by atoms with Crippen LogP contribution in [-0.2, 0) is 0 Å². The van der Waals surface area contributed by atoms with Crippen LogP contribution in [0.25, 0.3) is 0 Å². The van der Waals surface area contributed by atoms with E-state index in [-0.39, 0.29) is 6.15 Å². The van der Waals surface area contributed by atoms with Crippen LogP contribution in [0.3, 0.4) is 0 Å². The Morgan fingerprint density at radius 1 is 1.20 bits per heavy atom. The highest BCUT2D eigenvalue weighted by Gasteiger charge is 1.90. The molecule has 1 rings (SSSR count). The molecule has 0 atom stereocenters. The minimum Gasteiger partial charge on any atom is -0.399 e. The SMILES string of the molecule is Cc1cc(N)ccc1N.N. The highest BCUT2D eigenvalue weighted by Crippen LogP contribution is 2.12. The molecule has 10 heavy (non-hydrogen) atoms. The van der Waals surface area contributed by atoms with E-state index in [0.29, 0.717) is 0 Å². The third-order valence-corrected chi connectivity index (χ3v) is 1.29. The van der Waals surface area contributed by atoms with Crippen molar-refractivity contribution in [2.24, 2.45) is 0 Å². The zero-order valence-electron chi connectivity index (χ0n) is 6.09. The smallest absolute Gasteiger partial charge is 0.0345 e. The second-order valence-corrected chi connectivity index (χ2v) is 2.12. The van der Waals surface area contributed by atoms with Crippen molar-refractivity contribution in [3.05, 3.63) is 23.8 Å². The summed E-state index contributed by atoms with van der Waals surface area (Å²) in [5.41, 5.74) is 13.6. The van der Waals surface area contributed by atoms with Gasteiger partial charge in [0, 0.05) is 11.4 Å². The van der Waals surface area contributed by atoms with Gasteiger partial charge >= 0.3 is 0 Å². The molecule has 1 aromatic carbocycles. The first kappa shape index (κ1) is 8.78. The lowest BCUT2D eigenvalue weighted by molar-refractivity contribution is 1.47. The van der Waals surface area contributed by atoms with Crippen molar-refractivity contribution in [1.29, 1.82) is 0 Å². The van der Waals surface area contributed by atoms with Gasteiger partial charge in [0.1, 0.15) is 0 Å². The molecule has 3 heteroatoms. The molecule has 0 aliphatic heterocycles. The van der Waals surface area contributed by atoms with Gasteiger partial charge in [0.15, 0.2) is 0 Å². The Bertz CT molecular complexity index is 220. The van der Waals surface area contributed by atoms with Gasteiger partial charge in [0.05, 0.1) is 0 Å². The highest BCUT2D eigenvalue weighted by molar-refractivity contribution is 5.54. The van der Waals surface area contributed by atoms with Gasteiger partial charge in [-0.25, -0.2) is 0 Å². The number of benzene rings is 1. The van der Waals surface area contributed by atoms with Crippen LogP contribution in [0.4, 0.5) is 11.4 Å². The predicted octanol–water partition coefficient (Wildman–Crippen LogP) is 1.32. The van der Waals surface area contributed by atoms with Gasteiger partial charge < -0.3 is 17.6 Å². The van der Waals surface area contributed by atoms with Gasteiger partial charge in [-0.15, -0.1) is 0 Å². The van der Waals surface area contributed by atoms with E-state index < -0.39 is 0 Å². The van der Waals surface area contributed by atoms with Crippen molar-refractivity contribution < 1.29 is 0 Å². The fourth-order valence-electron chi connectivity index (χ4n) is 0.699. The first-order valence-electron chi connectivity index (χ1n) is 2.82. The van der Waals surface area contributed by atoms with E-state index in [2.05, 4.69) is 0 Å². The van der Waals surface area contributed by atoms with Crippen LogP contribution in [0.15, 0.2) is 18.2 Å².